The summed E-state index contributed by atoms with van der Waals surface area (Å²) in [5, 5.41) is 0.876. The number of carbonyl (C=O) groups is 1. The Bertz CT molecular complexity index is 818. The summed E-state index contributed by atoms with van der Waals surface area (Å²) in [6.07, 6.45) is 1.45. The molecule has 0 unspecified atom stereocenters. The van der Waals surface area contributed by atoms with Gasteiger partial charge in [-0.25, -0.2) is 14.4 Å². The highest BCUT2D eigenvalue weighted by atomic mass is 32.2. The van der Waals surface area contributed by atoms with Crippen molar-refractivity contribution in [1.82, 2.24) is 9.97 Å². The number of benzene rings is 2. The summed E-state index contributed by atoms with van der Waals surface area (Å²) in [7, 11) is 0. The quantitative estimate of drug-likeness (QED) is 0.593. The molecule has 0 saturated heterocycles. The van der Waals surface area contributed by atoms with E-state index in [1.165, 1.54) is 30.2 Å². The van der Waals surface area contributed by atoms with Crippen LogP contribution in [0.5, 0.6) is 0 Å². The molecule has 0 saturated carbocycles. The molecule has 2 N–H and O–H groups in total. The lowest BCUT2D eigenvalue weighted by molar-refractivity contribution is -0.117. The molecule has 110 valence electrons. The second-order valence-corrected chi connectivity index (χ2v) is 5.74. The van der Waals surface area contributed by atoms with Gasteiger partial charge in [-0.1, -0.05) is 42.1 Å². The Morgan fingerprint density at radius 1 is 1.09 bits per heavy atom. The third-order valence-electron chi connectivity index (χ3n) is 3.17. The summed E-state index contributed by atoms with van der Waals surface area (Å²) < 4.78 is 13.0. The second-order valence-electron chi connectivity index (χ2n) is 4.65. The lowest BCUT2D eigenvalue weighted by Crippen LogP contribution is -2.19. The number of amides is 1. The van der Waals surface area contributed by atoms with Crippen molar-refractivity contribution in [3.05, 3.63) is 66.2 Å². The van der Waals surface area contributed by atoms with Crippen molar-refractivity contribution in [2.24, 2.45) is 5.73 Å². The lowest BCUT2D eigenvalue weighted by atomic mass is 10.1. The predicted molar refractivity (Wildman–Crippen MR) is 83.7 cm³/mol. The molecule has 6 heteroatoms. The van der Waals surface area contributed by atoms with Crippen LogP contribution >= 0.6 is 11.8 Å². The number of nitrogens with two attached hydrogens (primary N) is 1. The van der Waals surface area contributed by atoms with Crippen molar-refractivity contribution >= 4 is 28.6 Å². The molecule has 0 aliphatic carbocycles. The largest absolute Gasteiger partial charge is 0.368 e. The smallest absolute Gasteiger partial charge is 0.235 e. The minimum absolute atomic E-state index is 0.357. The van der Waals surface area contributed by atoms with Gasteiger partial charge in [0.1, 0.15) is 22.4 Å². The molecule has 22 heavy (non-hydrogen) atoms. The van der Waals surface area contributed by atoms with Crippen LogP contribution in [0.3, 0.4) is 0 Å². The highest BCUT2D eigenvalue weighted by Gasteiger charge is 2.21. The average Bonchev–Trinajstić information content (AvgIpc) is 2.53. The third-order valence-corrected chi connectivity index (χ3v) is 4.46. The van der Waals surface area contributed by atoms with Crippen LogP contribution in [0.4, 0.5) is 4.39 Å². The molecule has 2 aromatic carbocycles. The number of primary amides is 1. The van der Waals surface area contributed by atoms with Gasteiger partial charge in [0, 0.05) is 5.39 Å². The fourth-order valence-corrected chi connectivity index (χ4v) is 3.15. The van der Waals surface area contributed by atoms with E-state index in [0.717, 1.165) is 10.9 Å². The lowest BCUT2D eigenvalue weighted by Gasteiger charge is -2.14. The molecule has 1 heterocycles. The Morgan fingerprint density at radius 2 is 1.82 bits per heavy atom. The minimum atomic E-state index is -0.640. The van der Waals surface area contributed by atoms with E-state index >= 15 is 0 Å². The van der Waals surface area contributed by atoms with Crippen LogP contribution in [0.15, 0.2) is 59.9 Å². The first-order valence-electron chi connectivity index (χ1n) is 6.56. The van der Waals surface area contributed by atoms with Crippen LogP contribution in [0.25, 0.3) is 10.9 Å². The molecule has 1 amide bonds. The van der Waals surface area contributed by atoms with Gasteiger partial charge in [-0.2, -0.15) is 0 Å². The zero-order valence-corrected chi connectivity index (χ0v) is 12.3. The first kappa shape index (κ1) is 14.5. The van der Waals surface area contributed by atoms with E-state index in [4.69, 9.17) is 5.73 Å². The number of rotatable bonds is 4. The summed E-state index contributed by atoms with van der Waals surface area (Å²) in [4.78, 5) is 20.2. The van der Waals surface area contributed by atoms with Gasteiger partial charge in [0.2, 0.25) is 5.91 Å². The van der Waals surface area contributed by atoms with Crippen LogP contribution in [0.2, 0.25) is 0 Å². The number of aromatic nitrogens is 2. The normalized spacial score (nSPS) is 12.2. The van der Waals surface area contributed by atoms with Crippen LogP contribution in [-0.4, -0.2) is 15.9 Å². The van der Waals surface area contributed by atoms with Crippen molar-refractivity contribution in [3.8, 4) is 0 Å². The molecule has 1 aromatic heterocycles. The fraction of sp³-hybridized carbons (Fsp3) is 0.0625. The standard InChI is InChI=1S/C16H12FN3OS/c17-11-7-5-10(6-8-11)14(15(18)21)22-16-12-3-1-2-4-13(12)19-9-20-16/h1-9,14H,(H2,18,21)/t14-/m1/s1. The Morgan fingerprint density at radius 3 is 2.55 bits per heavy atom. The van der Waals surface area contributed by atoms with Crippen LogP contribution in [0.1, 0.15) is 10.8 Å². The molecule has 1 atom stereocenters. The molecule has 0 spiro atoms. The Labute approximate surface area is 130 Å². The molecule has 0 aliphatic rings. The predicted octanol–water partition coefficient (Wildman–Crippen LogP) is 3.09. The Kier molecular flexibility index (Phi) is 4.02. The van der Waals surface area contributed by atoms with Crippen molar-refractivity contribution in [1.29, 1.82) is 0 Å². The number of thioether (sulfide) groups is 1. The number of hydrogen-bond donors (Lipinski definition) is 1. The molecule has 3 rings (SSSR count). The highest BCUT2D eigenvalue weighted by Crippen LogP contribution is 2.36. The zero-order valence-electron chi connectivity index (χ0n) is 11.4. The van der Waals surface area contributed by atoms with Crippen molar-refractivity contribution in [2.45, 2.75) is 10.3 Å². The highest BCUT2D eigenvalue weighted by molar-refractivity contribution is 8.00. The molecular formula is C16H12FN3OS. The van der Waals surface area contributed by atoms with E-state index in [-0.39, 0.29) is 5.82 Å². The maximum Gasteiger partial charge on any atom is 0.235 e. The van der Waals surface area contributed by atoms with Gasteiger partial charge < -0.3 is 5.73 Å². The number of para-hydroxylation sites is 1. The van der Waals surface area contributed by atoms with Crippen LogP contribution in [-0.2, 0) is 4.79 Å². The van der Waals surface area contributed by atoms with E-state index in [9.17, 15) is 9.18 Å². The zero-order chi connectivity index (χ0) is 15.5. The van der Waals surface area contributed by atoms with Gasteiger partial charge in [-0.05, 0) is 23.8 Å². The Hall–Kier alpha value is -2.47. The summed E-state index contributed by atoms with van der Waals surface area (Å²) in [6, 6.07) is 13.3. The molecular weight excluding hydrogens is 301 g/mol. The molecule has 0 radical (unpaired) electrons. The summed E-state index contributed by atoms with van der Waals surface area (Å²) >= 11 is 1.24. The SMILES string of the molecule is NC(=O)[C@H](Sc1ncnc2ccccc12)c1ccc(F)cc1. The van der Waals surface area contributed by atoms with E-state index in [1.807, 2.05) is 24.3 Å². The van der Waals surface area contributed by atoms with Gasteiger partial charge in [0.05, 0.1) is 5.52 Å². The van der Waals surface area contributed by atoms with E-state index < -0.39 is 11.2 Å². The maximum atomic E-state index is 13.0. The van der Waals surface area contributed by atoms with Crippen LogP contribution < -0.4 is 5.73 Å². The molecule has 0 bridgehead atoms. The topological polar surface area (TPSA) is 68.9 Å². The average molecular weight is 313 g/mol. The summed E-state index contributed by atoms with van der Waals surface area (Å²) in [5.41, 5.74) is 6.94. The number of halogens is 1. The van der Waals surface area contributed by atoms with Gasteiger partial charge in [-0.15, -0.1) is 0 Å². The summed E-state index contributed by atoms with van der Waals surface area (Å²) in [6.45, 7) is 0. The van der Waals surface area contributed by atoms with E-state index in [2.05, 4.69) is 9.97 Å². The van der Waals surface area contributed by atoms with Crippen molar-refractivity contribution < 1.29 is 9.18 Å². The molecule has 3 aromatic rings. The summed E-state index contributed by atoms with van der Waals surface area (Å²) in [5.74, 6) is -0.858. The van der Waals surface area contributed by atoms with Gasteiger partial charge in [0.15, 0.2) is 0 Å². The van der Waals surface area contributed by atoms with Crippen molar-refractivity contribution in [2.75, 3.05) is 0 Å². The number of hydrogen-bond acceptors (Lipinski definition) is 4. The van der Waals surface area contributed by atoms with Crippen molar-refractivity contribution in [3.63, 3.8) is 0 Å². The van der Waals surface area contributed by atoms with Gasteiger partial charge in [0.25, 0.3) is 0 Å². The monoisotopic (exact) mass is 313 g/mol. The molecule has 0 fully saturated rings. The van der Waals surface area contributed by atoms with Gasteiger partial charge in [-0.3, -0.25) is 4.79 Å². The molecule has 4 nitrogen and oxygen atoms in total. The number of nitrogens with zero attached hydrogens (tertiary/aromatic N) is 2. The molecule has 0 aliphatic heterocycles. The second kappa shape index (κ2) is 6.11. The van der Waals surface area contributed by atoms with E-state index in [1.54, 1.807) is 12.1 Å². The van der Waals surface area contributed by atoms with Gasteiger partial charge >= 0.3 is 0 Å². The first-order valence-corrected chi connectivity index (χ1v) is 7.44. The Balaban J connectivity index is 2.00. The fourth-order valence-electron chi connectivity index (χ4n) is 2.11. The maximum absolute atomic E-state index is 13.0. The number of carbonyl (C=O) groups excluding carboxylic acids is 1. The number of fused-ring (bicyclic) bond motifs is 1. The minimum Gasteiger partial charge on any atom is -0.368 e. The van der Waals surface area contributed by atoms with E-state index in [0.29, 0.717) is 10.6 Å². The third kappa shape index (κ3) is 2.92. The first-order chi connectivity index (χ1) is 10.6. The van der Waals surface area contributed by atoms with Crippen LogP contribution in [0, 0.1) is 5.82 Å².